The van der Waals surface area contributed by atoms with Crippen LogP contribution in [0.2, 0.25) is 0 Å². The van der Waals surface area contributed by atoms with E-state index in [1.807, 2.05) is 49.4 Å². The van der Waals surface area contributed by atoms with E-state index in [1.54, 1.807) is 6.07 Å². The Morgan fingerprint density at radius 2 is 1.78 bits per heavy atom. The first-order valence-electron chi connectivity index (χ1n) is 6.05. The Hall–Kier alpha value is -2.16. The summed E-state index contributed by atoms with van der Waals surface area (Å²) in [4.78, 5) is 10.8. The Labute approximate surface area is 106 Å². The van der Waals surface area contributed by atoms with Gasteiger partial charge in [0.2, 0.25) is 0 Å². The van der Waals surface area contributed by atoms with Crippen molar-refractivity contribution >= 4 is 5.69 Å². The predicted molar refractivity (Wildman–Crippen MR) is 72.5 cm³/mol. The molecule has 0 aromatic heterocycles. The normalized spacial score (nSPS) is 10.3. The number of hydrogen-bond donors (Lipinski definition) is 0. The van der Waals surface area contributed by atoms with Crippen LogP contribution in [0.4, 0.5) is 5.69 Å². The van der Waals surface area contributed by atoms with Crippen LogP contribution in [0.5, 0.6) is 0 Å². The van der Waals surface area contributed by atoms with Gasteiger partial charge in [-0.25, -0.2) is 0 Å². The average molecular weight is 241 g/mol. The summed E-state index contributed by atoms with van der Waals surface area (Å²) in [5.41, 5.74) is 2.92. The third kappa shape index (κ3) is 2.56. The van der Waals surface area contributed by atoms with Crippen LogP contribution in [-0.2, 0) is 6.42 Å². The summed E-state index contributed by atoms with van der Waals surface area (Å²) >= 11 is 0. The zero-order valence-electron chi connectivity index (χ0n) is 10.3. The SMILES string of the molecule is CCCc1ccc(-c2ccccc2)cc1[N+](=O)[O-]. The van der Waals surface area contributed by atoms with Crippen LogP contribution in [0, 0.1) is 10.1 Å². The molecule has 0 amide bonds. The second-order valence-corrected chi connectivity index (χ2v) is 4.22. The zero-order chi connectivity index (χ0) is 13.0. The second-order valence-electron chi connectivity index (χ2n) is 4.22. The quantitative estimate of drug-likeness (QED) is 0.594. The molecular weight excluding hydrogens is 226 g/mol. The van der Waals surface area contributed by atoms with Crippen molar-refractivity contribution in [3.63, 3.8) is 0 Å². The lowest BCUT2D eigenvalue weighted by atomic mass is 10.0. The number of nitro groups is 1. The molecule has 2 aromatic carbocycles. The van der Waals surface area contributed by atoms with Crippen LogP contribution in [-0.4, -0.2) is 4.92 Å². The summed E-state index contributed by atoms with van der Waals surface area (Å²) in [6, 6.07) is 15.2. The first-order valence-corrected chi connectivity index (χ1v) is 6.05. The Morgan fingerprint density at radius 1 is 1.06 bits per heavy atom. The Kier molecular flexibility index (Phi) is 3.72. The molecule has 0 saturated carbocycles. The standard InChI is InChI=1S/C15H15NO2/c1-2-6-13-9-10-14(11-15(13)16(17)18)12-7-4-3-5-8-12/h3-5,7-11H,2,6H2,1H3. The van der Waals surface area contributed by atoms with Gasteiger partial charge < -0.3 is 0 Å². The molecule has 18 heavy (non-hydrogen) atoms. The van der Waals surface area contributed by atoms with E-state index in [-0.39, 0.29) is 10.6 Å². The first-order chi connectivity index (χ1) is 8.72. The van der Waals surface area contributed by atoms with Crippen LogP contribution in [0.25, 0.3) is 11.1 Å². The molecule has 2 rings (SSSR count). The summed E-state index contributed by atoms with van der Waals surface area (Å²) in [6.45, 7) is 2.02. The molecule has 0 atom stereocenters. The minimum atomic E-state index is -0.294. The maximum Gasteiger partial charge on any atom is 0.273 e. The number of benzene rings is 2. The summed E-state index contributed by atoms with van der Waals surface area (Å²) in [6.07, 6.45) is 1.65. The minimum absolute atomic E-state index is 0.221. The van der Waals surface area contributed by atoms with Gasteiger partial charge in [0.15, 0.2) is 0 Å². The van der Waals surface area contributed by atoms with Crippen molar-refractivity contribution in [2.75, 3.05) is 0 Å². The van der Waals surface area contributed by atoms with Crippen LogP contribution < -0.4 is 0 Å². The Morgan fingerprint density at radius 3 is 2.39 bits per heavy atom. The molecule has 0 aliphatic rings. The number of aryl methyl sites for hydroxylation is 1. The van der Waals surface area contributed by atoms with E-state index in [9.17, 15) is 10.1 Å². The van der Waals surface area contributed by atoms with Crippen molar-refractivity contribution in [2.45, 2.75) is 19.8 Å². The lowest BCUT2D eigenvalue weighted by Gasteiger charge is -2.05. The number of nitro benzene ring substituents is 1. The van der Waals surface area contributed by atoms with Crippen LogP contribution >= 0.6 is 0 Å². The minimum Gasteiger partial charge on any atom is -0.258 e. The van der Waals surface area contributed by atoms with E-state index in [0.29, 0.717) is 0 Å². The predicted octanol–water partition coefficient (Wildman–Crippen LogP) is 4.21. The van der Waals surface area contributed by atoms with Crippen LogP contribution in [0.15, 0.2) is 48.5 Å². The molecule has 3 nitrogen and oxygen atoms in total. The molecule has 2 aromatic rings. The summed E-state index contributed by atoms with van der Waals surface area (Å²) < 4.78 is 0. The molecule has 0 saturated heterocycles. The lowest BCUT2D eigenvalue weighted by molar-refractivity contribution is -0.385. The molecule has 0 N–H and O–H groups in total. The third-order valence-corrected chi connectivity index (χ3v) is 2.91. The van der Waals surface area contributed by atoms with Crippen LogP contribution in [0.3, 0.4) is 0 Å². The molecule has 92 valence electrons. The van der Waals surface area contributed by atoms with E-state index in [1.165, 1.54) is 0 Å². The van der Waals surface area contributed by atoms with Gasteiger partial charge in [0.05, 0.1) is 4.92 Å². The molecule has 0 spiro atoms. The van der Waals surface area contributed by atoms with E-state index >= 15 is 0 Å². The average Bonchev–Trinajstić information content (AvgIpc) is 2.40. The van der Waals surface area contributed by atoms with E-state index in [4.69, 9.17) is 0 Å². The monoisotopic (exact) mass is 241 g/mol. The van der Waals surface area contributed by atoms with Crippen molar-refractivity contribution in [3.8, 4) is 11.1 Å². The molecule has 0 heterocycles. The highest BCUT2D eigenvalue weighted by Crippen LogP contribution is 2.27. The molecule has 0 bridgehead atoms. The maximum atomic E-state index is 11.1. The highest BCUT2D eigenvalue weighted by Gasteiger charge is 2.14. The maximum absolute atomic E-state index is 11.1. The van der Waals surface area contributed by atoms with Gasteiger partial charge in [-0.15, -0.1) is 0 Å². The van der Waals surface area contributed by atoms with Gasteiger partial charge in [0.1, 0.15) is 0 Å². The molecule has 0 radical (unpaired) electrons. The van der Waals surface area contributed by atoms with E-state index in [2.05, 4.69) is 0 Å². The fourth-order valence-electron chi connectivity index (χ4n) is 2.02. The second kappa shape index (κ2) is 5.45. The number of nitrogens with zero attached hydrogens (tertiary/aromatic N) is 1. The molecule has 0 aliphatic carbocycles. The summed E-state index contributed by atoms with van der Waals surface area (Å²) in [5, 5.41) is 11.1. The van der Waals surface area contributed by atoms with Gasteiger partial charge in [-0.2, -0.15) is 0 Å². The molecular formula is C15H15NO2. The molecule has 0 fully saturated rings. The van der Waals surface area contributed by atoms with Gasteiger partial charge in [0.25, 0.3) is 5.69 Å². The van der Waals surface area contributed by atoms with Gasteiger partial charge in [0, 0.05) is 11.6 Å². The highest BCUT2D eigenvalue weighted by atomic mass is 16.6. The Bertz CT molecular complexity index is 550. The smallest absolute Gasteiger partial charge is 0.258 e. The van der Waals surface area contributed by atoms with Crippen molar-refractivity contribution < 1.29 is 4.92 Å². The summed E-state index contributed by atoms with van der Waals surface area (Å²) in [5.74, 6) is 0. The fraction of sp³-hybridized carbons (Fsp3) is 0.200. The van der Waals surface area contributed by atoms with Gasteiger partial charge in [-0.1, -0.05) is 55.8 Å². The van der Waals surface area contributed by atoms with E-state index in [0.717, 1.165) is 29.5 Å². The lowest BCUT2D eigenvalue weighted by Crippen LogP contribution is -1.95. The summed E-state index contributed by atoms with van der Waals surface area (Å²) in [7, 11) is 0. The third-order valence-electron chi connectivity index (χ3n) is 2.91. The van der Waals surface area contributed by atoms with Gasteiger partial charge in [-0.3, -0.25) is 10.1 Å². The van der Waals surface area contributed by atoms with Gasteiger partial charge >= 0.3 is 0 Å². The molecule has 0 unspecified atom stereocenters. The zero-order valence-corrected chi connectivity index (χ0v) is 10.3. The number of rotatable bonds is 4. The van der Waals surface area contributed by atoms with Crippen molar-refractivity contribution in [2.24, 2.45) is 0 Å². The Balaban J connectivity index is 2.46. The topological polar surface area (TPSA) is 43.1 Å². The highest BCUT2D eigenvalue weighted by molar-refractivity contribution is 5.67. The van der Waals surface area contributed by atoms with Crippen LogP contribution in [0.1, 0.15) is 18.9 Å². The van der Waals surface area contributed by atoms with Crippen molar-refractivity contribution in [3.05, 3.63) is 64.2 Å². The molecule has 3 heteroatoms. The first kappa shape index (κ1) is 12.3. The van der Waals surface area contributed by atoms with Crippen molar-refractivity contribution in [1.29, 1.82) is 0 Å². The fourth-order valence-corrected chi connectivity index (χ4v) is 2.02. The molecule has 0 aliphatic heterocycles. The van der Waals surface area contributed by atoms with E-state index < -0.39 is 0 Å². The van der Waals surface area contributed by atoms with Gasteiger partial charge in [-0.05, 0) is 17.5 Å². The van der Waals surface area contributed by atoms with Crippen molar-refractivity contribution in [1.82, 2.24) is 0 Å². The number of hydrogen-bond acceptors (Lipinski definition) is 2. The largest absolute Gasteiger partial charge is 0.273 e.